The minimum absolute atomic E-state index is 0.0105. The molecule has 3 nitrogen and oxygen atoms in total. The number of amides is 1. The molecule has 0 bridgehead atoms. The standard InChI is InChI=1S/C18H20N2O/c1-2-13-8-10-15(11-9-13)17-16(19)18(21)20(17)12-14-6-4-3-5-7-14/h3-11,16-17H,2,12,19H2,1H3/t16-,17+/m1/s1. The van der Waals surface area contributed by atoms with E-state index in [2.05, 4.69) is 31.2 Å². The highest BCUT2D eigenvalue weighted by Gasteiger charge is 2.45. The van der Waals surface area contributed by atoms with Gasteiger partial charge in [-0.15, -0.1) is 0 Å². The van der Waals surface area contributed by atoms with Crippen LogP contribution >= 0.6 is 0 Å². The number of rotatable bonds is 4. The van der Waals surface area contributed by atoms with E-state index in [1.54, 1.807) is 0 Å². The third-order valence-electron chi connectivity index (χ3n) is 4.17. The Bertz CT molecular complexity index is 621. The van der Waals surface area contributed by atoms with E-state index in [1.807, 2.05) is 35.2 Å². The van der Waals surface area contributed by atoms with Crippen LogP contribution in [0.5, 0.6) is 0 Å². The van der Waals surface area contributed by atoms with Crippen molar-refractivity contribution in [2.45, 2.75) is 32.0 Å². The van der Waals surface area contributed by atoms with Crippen LogP contribution in [0.1, 0.15) is 29.7 Å². The molecule has 1 fully saturated rings. The van der Waals surface area contributed by atoms with Gasteiger partial charge in [-0.3, -0.25) is 4.79 Å². The molecule has 0 radical (unpaired) electrons. The molecule has 2 aromatic carbocycles. The van der Waals surface area contributed by atoms with Crippen LogP contribution in [0.25, 0.3) is 0 Å². The second-order valence-corrected chi connectivity index (χ2v) is 5.52. The molecular formula is C18H20N2O. The molecule has 0 unspecified atom stereocenters. The Morgan fingerprint density at radius 3 is 2.29 bits per heavy atom. The molecule has 3 rings (SSSR count). The first-order valence-electron chi connectivity index (χ1n) is 7.39. The van der Waals surface area contributed by atoms with E-state index in [0.717, 1.165) is 17.5 Å². The highest BCUT2D eigenvalue weighted by Crippen LogP contribution is 2.35. The van der Waals surface area contributed by atoms with E-state index >= 15 is 0 Å². The third kappa shape index (κ3) is 2.57. The number of carbonyl (C=O) groups is 1. The second-order valence-electron chi connectivity index (χ2n) is 5.52. The van der Waals surface area contributed by atoms with Crippen LogP contribution in [0.2, 0.25) is 0 Å². The number of hydrogen-bond acceptors (Lipinski definition) is 2. The fourth-order valence-corrected chi connectivity index (χ4v) is 2.87. The Balaban J connectivity index is 1.80. The summed E-state index contributed by atoms with van der Waals surface area (Å²) in [4.78, 5) is 13.9. The Labute approximate surface area is 125 Å². The van der Waals surface area contributed by atoms with Crippen LogP contribution in [0.15, 0.2) is 54.6 Å². The van der Waals surface area contributed by atoms with Gasteiger partial charge in [-0.2, -0.15) is 0 Å². The molecule has 21 heavy (non-hydrogen) atoms. The van der Waals surface area contributed by atoms with E-state index < -0.39 is 6.04 Å². The zero-order valence-corrected chi connectivity index (χ0v) is 12.2. The molecule has 1 amide bonds. The molecule has 2 aromatic rings. The molecule has 1 heterocycles. The van der Waals surface area contributed by atoms with E-state index in [4.69, 9.17) is 5.73 Å². The third-order valence-corrected chi connectivity index (χ3v) is 4.17. The predicted molar refractivity (Wildman–Crippen MR) is 83.5 cm³/mol. The molecule has 0 saturated carbocycles. The molecule has 108 valence electrons. The molecule has 2 N–H and O–H groups in total. The first-order chi connectivity index (χ1) is 10.2. The van der Waals surface area contributed by atoms with Gasteiger partial charge in [-0.1, -0.05) is 61.5 Å². The van der Waals surface area contributed by atoms with Gasteiger partial charge in [0.1, 0.15) is 6.04 Å². The Kier molecular flexibility index (Phi) is 3.76. The summed E-state index contributed by atoms with van der Waals surface area (Å²) in [5, 5.41) is 0. The number of likely N-dealkylation sites (tertiary alicyclic amines) is 1. The molecule has 0 aromatic heterocycles. The summed E-state index contributed by atoms with van der Waals surface area (Å²) in [5.41, 5.74) is 9.57. The van der Waals surface area contributed by atoms with Crippen LogP contribution in [-0.4, -0.2) is 16.8 Å². The number of β-lactam (4-membered cyclic amide) rings is 1. The summed E-state index contributed by atoms with van der Waals surface area (Å²) in [6.07, 6.45) is 1.02. The van der Waals surface area contributed by atoms with Crippen molar-refractivity contribution < 1.29 is 4.79 Å². The van der Waals surface area contributed by atoms with Crippen molar-refractivity contribution in [1.29, 1.82) is 0 Å². The molecule has 0 aliphatic carbocycles. The summed E-state index contributed by atoms with van der Waals surface area (Å²) in [7, 11) is 0. The Hall–Kier alpha value is -2.13. The number of benzene rings is 2. The largest absolute Gasteiger partial charge is 0.328 e. The van der Waals surface area contributed by atoms with E-state index in [9.17, 15) is 4.79 Å². The number of nitrogens with two attached hydrogens (primary N) is 1. The van der Waals surface area contributed by atoms with Crippen molar-refractivity contribution in [3.8, 4) is 0 Å². The summed E-state index contributed by atoms with van der Waals surface area (Å²) in [5.74, 6) is 0.0309. The first kappa shape index (κ1) is 13.8. The maximum atomic E-state index is 12.1. The normalized spacial score (nSPS) is 21.2. The van der Waals surface area contributed by atoms with Gasteiger partial charge in [-0.25, -0.2) is 0 Å². The minimum atomic E-state index is -0.416. The number of aryl methyl sites for hydroxylation is 1. The second kappa shape index (κ2) is 5.70. The zero-order chi connectivity index (χ0) is 14.8. The lowest BCUT2D eigenvalue weighted by molar-refractivity contribution is -0.150. The van der Waals surface area contributed by atoms with Crippen LogP contribution in [0.4, 0.5) is 0 Å². The molecule has 0 spiro atoms. The molecule has 2 atom stereocenters. The smallest absolute Gasteiger partial charge is 0.242 e. The van der Waals surface area contributed by atoms with Crippen LogP contribution in [-0.2, 0) is 17.8 Å². The molecular weight excluding hydrogens is 260 g/mol. The van der Waals surface area contributed by atoms with Crippen molar-refractivity contribution in [2.24, 2.45) is 5.73 Å². The summed E-state index contributed by atoms with van der Waals surface area (Å²) >= 11 is 0. The molecule has 1 saturated heterocycles. The summed E-state index contributed by atoms with van der Waals surface area (Å²) in [6.45, 7) is 2.75. The quantitative estimate of drug-likeness (QED) is 0.875. The van der Waals surface area contributed by atoms with Gasteiger partial charge in [-0.05, 0) is 23.1 Å². The van der Waals surface area contributed by atoms with Crippen molar-refractivity contribution in [3.63, 3.8) is 0 Å². The Morgan fingerprint density at radius 2 is 1.67 bits per heavy atom. The van der Waals surface area contributed by atoms with Crippen LogP contribution in [0, 0.1) is 0 Å². The van der Waals surface area contributed by atoms with Crippen molar-refractivity contribution in [1.82, 2.24) is 4.90 Å². The maximum Gasteiger partial charge on any atom is 0.242 e. The summed E-state index contributed by atoms with van der Waals surface area (Å²) in [6, 6.07) is 18.0. The minimum Gasteiger partial charge on any atom is -0.328 e. The van der Waals surface area contributed by atoms with Crippen LogP contribution in [0.3, 0.4) is 0 Å². The molecule has 1 aliphatic rings. The lowest BCUT2D eigenvalue weighted by Crippen LogP contribution is -2.62. The van der Waals surface area contributed by atoms with Gasteiger partial charge in [0.15, 0.2) is 0 Å². The lowest BCUT2D eigenvalue weighted by atomic mass is 9.88. The van der Waals surface area contributed by atoms with Crippen molar-refractivity contribution >= 4 is 5.91 Å². The van der Waals surface area contributed by atoms with E-state index in [1.165, 1.54) is 5.56 Å². The predicted octanol–water partition coefficient (Wildman–Crippen LogP) is 2.66. The summed E-state index contributed by atoms with van der Waals surface area (Å²) < 4.78 is 0. The van der Waals surface area contributed by atoms with E-state index in [0.29, 0.717) is 6.54 Å². The molecule has 3 heteroatoms. The van der Waals surface area contributed by atoms with Gasteiger partial charge in [0.05, 0.1) is 6.04 Å². The number of carbonyl (C=O) groups excluding carboxylic acids is 1. The SMILES string of the molecule is CCc1ccc([C@H]2[C@@H](N)C(=O)N2Cc2ccccc2)cc1. The monoisotopic (exact) mass is 280 g/mol. The highest BCUT2D eigenvalue weighted by atomic mass is 16.2. The van der Waals surface area contributed by atoms with Crippen LogP contribution < -0.4 is 5.73 Å². The fraction of sp³-hybridized carbons (Fsp3) is 0.278. The van der Waals surface area contributed by atoms with Gasteiger partial charge < -0.3 is 10.6 Å². The first-order valence-corrected chi connectivity index (χ1v) is 7.39. The maximum absolute atomic E-state index is 12.1. The number of hydrogen-bond donors (Lipinski definition) is 1. The average molecular weight is 280 g/mol. The molecule has 1 aliphatic heterocycles. The van der Waals surface area contributed by atoms with Gasteiger partial charge in [0.2, 0.25) is 5.91 Å². The van der Waals surface area contributed by atoms with Gasteiger partial charge >= 0.3 is 0 Å². The Morgan fingerprint density at radius 1 is 1.00 bits per heavy atom. The lowest BCUT2D eigenvalue weighted by Gasteiger charge is -2.45. The highest BCUT2D eigenvalue weighted by molar-refractivity contribution is 5.89. The average Bonchev–Trinajstić information content (AvgIpc) is 2.55. The van der Waals surface area contributed by atoms with Gasteiger partial charge in [0.25, 0.3) is 0 Å². The van der Waals surface area contributed by atoms with E-state index in [-0.39, 0.29) is 11.9 Å². The van der Waals surface area contributed by atoms with Crippen molar-refractivity contribution in [3.05, 3.63) is 71.3 Å². The topological polar surface area (TPSA) is 46.3 Å². The number of nitrogens with zero attached hydrogens (tertiary/aromatic N) is 1. The van der Waals surface area contributed by atoms with Gasteiger partial charge in [0, 0.05) is 6.54 Å². The fourth-order valence-electron chi connectivity index (χ4n) is 2.87. The zero-order valence-electron chi connectivity index (χ0n) is 12.2. The van der Waals surface area contributed by atoms with Crippen molar-refractivity contribution in [2.75, 3.05) is 0 Å².